The molecule has 4 nitrogen and oxygen atoms in total. The highest BCUT2D eigenvalue weighted by Gasteiger charge is 2.38. The van der Waals surface area contributed by atoms with Gasteiger partial charge in [0.2, 0.25) is 5.12 Å². The molecule has 4 rings (SSSR count). The average Bonchev–Trinajstić information content (AvgIpc) is 3.20. The highest BCUT2D eigenvalue weighted by Crippen LogP contribution is 2.38. The van der Waals surface area contributed by atoms with Gasteiger partial charge in [-0.05, 0) is 29.8 Å². The normalized spacial score (nSPS) is 16.2. The second kappa shape index (κ2) is 7.73. The van der Waals surface area contributed by atoms with Crippen LogP contribution < -0.4 is 5.32 Å². The van der Waals surface area contributed by atoms with Crippen LogP contribution in [0, 0.1) is 0 Å². The van der Waals surface area contributed by atoms with E-state index in [1.54, 1.807) is 24.3 Å². The molecule has 0 radical (unpaired) electrons. The van der Waals surface area contributed by atoms with Gasteiger partial charge in [-0.1, -0.05) is 24.3 Å². The van der Waals surface area contributed by atoms with Crippen molar-refractivity contribution in [1.82, 2.24) is 9.88 Å². The fourth-order valence-electron chi connectivity index (χ4n) is 3.44. The molecule has 2 heterocycles. The number of aromatic nitrogens is 1. The average molecular weight is 470 g/mol. The maximum atomic E-state index is 13.5. The number of fused-ring (bicyclic) bond motifs is 1. The third-order valence-corrected chi connectivity index (χ3v) is 5.54. The molecule has 0 bridgehead atoms. The number of hydrogen-bond donors (Lipinski definition) is 1. The lowest BCUT2D eigenvalue weighted by Gasteiger charge is -2.16. The first-order valence-corrected chi connectivity index (χ1v) is 9.85. The van der Waals surface area contributed by atoms with E-state index in [0.717, 1.165) is 6.07 Å². The minimum Gasteiger partial charge on any atom is -0.342 e. The summed E-state index contributed by atoms with van der Waals surface area (Å²) in [5, 5.41) is 1.96. The van der Waals surface area contributed by atoms with Gasteiger partial charge in [0.1, 0.15) is 0 Å². The summed E-state index contributed by atoms with van der Waals surface area (Å²) in [6, 6.07) is 8.21. The first-order chi connectivity index (χ1) is 14.9. The molecule has 0 saturated carbocycles. The highest BCUT2D eigenvalue weighted by molar-refractivity contribution is 8.27. The van der Waals surface area contributed by atoms with Crippen molar-refractivity contribution >= 4 is 39.1 Å². The Hall–Kier alpha value is -3.21. The lowest BCUT2D eigenvalue weighted by molar-refractivity contribution is -0.143. The number of para-hydroxylation sites is 1. The molecule has 1 N–H and O–H groups in total. The number of rotatable bonds is 3. The molecular weight excluding hydrogens is 458 g/mol. The van der Waals surface area contributed by atoms with Crippen LogP contribution in [-0.2, 0) is 23.7 Å². The summed E-state index contributed by atoms with van der Waals surface area (Å²) in [4.78, 5) is 23.3. The summed E-state index contributed by atoms with van der Waals surface area (Å²) < 4.78 is 80.8. The number of amides is 1. The van der Waals surface area contributed by atoms with E-state index in [-0.39, 0.29) is 23.9 Å². The summed E-state index contributed by atoms with van der Waals surface area (Å²) in [6.07, 6.45) is -7.00. The zero-order valence-electron chi connectivity index (χ0n) is 15.8. The predicted molar refractivity (Wildman–Crippen MR) is 107 cm³/mol. The molecule has 1 saturated heterocycles. The van der Waals surface area contributed by atoms with Gasteiger partial charge in [-0.15, -0.1) is 0 Å². The summed E-state index contributed by atoms with van der Waals surface area (Å²) in [5.74, 6) is 0. The monoisotopic (exact) mass is 470 g/mol. The molecule has 1 amide bonds. The molecule has 0 aliphatic carbocycles. The molecule has 1 fully saturated rings. The van der Waals surface area contributed by atoms with E-state index in [9.17, 15) is 35.9 Å². The van der Waals surface area contributed by atoms with Crippen molar-refractivity contribution in [3.63, 3.8) is 0 Å². The summed E-state index contributed by atoms with van der Waals surface area (Å²) in [5.41, 5.74) is -2.09. The molecule has 2 aromatic carbocycles. The van der Waals surface area contributed by atoms with Gasteiger partial charge < -0.3 is 9.88 Å². The van der Waals surface area contributed by atoms with Gasteiger partial charge in [0.05, 0.1) is 16.8 Å². The van der Waals surface area contributed by atoms with Crippen LogP contribution in [0.5, 0.6) is 0 Å². The minimum atomic E-state index is -4.98. The van der Waals surface area contributed by atoms with Gasteiger partial charge in [0.25, 0.3) is 5.24 Å². The second-order valence-electron chi connectivity index (χ2n) is 6.96. The van der Waals surface area contributed by atoms with Crippen LogP contribution in [0.25, 0.3) is 17.0 Å². The Morgan fingerprint density at radius 3 is 2.31 bits per heavy atom. The van der Waals surface area contributed by atoms with Crippen LogP contribution >= 0.6 is 11.8 Å². The molecule has 3 aromatic rings. The molecule has 0 unspecified atom stereocenters. The SMILES string of the molecule is O=C1NC(=Cc2cn(Cc3ccc(C(F)(F)F)cc3C(F)(F)F)c3ccccc23)C(=O)S1. The molecule has 1 aliphatic heterocycles. The van der Waals surface area contributed by atoms with Crippen LogP contribution in [0.1, 0.15) is 22.3 Å². The van der Waals surface area contributed by atoms with Crippen molar-refractivity contribution in [2.75, 3.05) is 0 Å². The van der Waals surface area contributed by atoms with E-state index < -0.39 is 33.8 Å². The smallest absolute Gasteiger partial charge is 0.342 e. The fourth-order valence-corrected chi connectivity index (χ4v) is 3.98. The Kier molecular flexibility index (Phi) is 5.32. The van der Waals surface area contributed by atoms with E-state index >= 15 is 0 Å². The number of nitrogens with one attached hydrogen (secondary N) is 1. The molecule has 1 aliphatic rings. The Bertz CT molecular complexity index is 1270. The van der Waals surface area contributed by atoms with E-state index in [4.69, 9.17) is 0 Å². The minimum absolute atomic E-state index is 0.0356. The van der Waals surface area contributed by atoms with Gasteiger partial charge in [0, 0.05) is 41.0 Å². The lowest BCUT2D eigenvalue weighted by atomic mass is 10.0. The van der Waals surface area contributed by atoms with E-state index in [1.807, 2.05) is 0 Å². The number of benzene rings is 2. The number of carbonyl (C=O) groups excluding carboxylic acids is 2. The third kappa shape index (κ3) is 4.24. The second-order valence-corrected chi connectivity index (χ2v) is 7.90. The first-order valence-electron chi connectivity index (χ1n) is 9.03. The zero-order chi connectivity index (χ0) is 23.3. The topological polar surface area (TPSA) is 51.1 Å². The van der Waals surface area contributed by atoms with E-state index in [0.29, 0.717) is 34.3 Å². The molecular formula is C21H12F6N2O2S. The highest BCUT2D eigenvalue weighted by atomic mass is 32.2. The largest absolute Gasteiger partial charge is 0.416 e. The molecule has 0 spiro atoms. The van der Waals surface area contributed by atoms with Gasteiger partial charge >= 0.3 is 12.4 Å². The van der Waals surface area contributed by atoms with E-state index in [1.165, 1.54) is 16.8 Å². The van der Waals surface area contributed by atoms with Crippen LogP contribution in [0.4, 0.5) is 31.1 Å². The molecule has 0 atom stereocenters. The van der Waals surface area contributed by atoms with Gasteiger partial charge in [0.15, 0.2) is 0 Å². The van der Waals surface area contributed by atoms with Crippen molar-refractivity contribution < 1.29 is 35.9 Å². The number of alkyl halides is 6. The van der Waals surface area contributed by atoms with Crippen LogP contribution in [-0.4, -0.2) is 14.9 Å². The summed E-state index contributed by atoms with van der Waals surface area (Å²) >= 11 is 0.490. The third-order valence-electron chi connectivity index (χ3n) is 4.84. The quantitative estimate of drug-likeness (QED) is 0.375. The Morgan fingerprint density at radius 2 is 1.69 bits per heavy atom. The number of carbonyl (C=O) groups is 2. The number of nitrogens with zero attached hydrogens (tertiary/aromatic N) is 1. The predicted octanol–water partition coefficient (Wildman–Crippen LogP) is 6.05. The summed E-state index contributed by atoms with van der Waals surface area (Å²) in [6.45, 7) is -0.355. The van der Waals surface area contributed by atoms with E-state index in [2.05, 4.69) is 5.32 Å². The Morgan fingerprint density at radius 1 is 0.969 bits per heavy atom. The first kappa shape index (κ1) is 22.0. The molecule has 166 valence electrons. The van der Waals surface area contributed by atoms with Crippen LogP contribution in [0.15, 0.2) is 54.4 Å². The number of thioether (sulfide) groups is 1. The standard InChI is InChI=1S/C21H12F6N2O2S/c22-20(23,24)13-6-5-11(15(8-13)21(25,26)27)9-29-10-12(14-3-1-2-4-17(14)29)7-16-18(30)32-19(31)28-16/h1-8,10H,9H2,(H,28,31). The lowest BCUT2D eigenvalue weighted by Crippen LogP contribution is -2.15. The van der Waals surface area contributed by atoms with Crippen molar-refractivity contribution in [1.29, 1.82) is 0 Å². The van der Waals surface area contributed by atoms with Gasteiger partial charge in [-0.3, -0.25) is 9.59 Å². The molecule has 32 heavy (non-hydrogen) atoms. The maximum Gasteiger partial charge on any atom is 0.416 e. The Balaban J connectivity index is 1.80. The summed E-state index contributed by atoms with van der Waals surface area (Å²) in [7, 11) is 0. The molecule has 1 aromatic heterocycles. The zero-order valence-corrected chi connectivity index (χ0v) is 16.7. The van der Waals surface area contributed by atoms with Crippen LogP contribution in [0.3, 0.4) is 0 Å². The van der Waals surface area contributed by atoms with Gasteiger partial charge in [-0.25, -0.2) is 0 Å². The number of halogens is 6. The fraction of sp³-hybridized carbons (Fsp3) is 0.143. The van der Waals surface area contributed by atoms with Crippen molar-refractivity contribution in [3.05, 3.63) is 76.6 Å². The van der Waals surface area contributed by atoms with Gasteiger partial charge in [-0.2, -0.15) is 26.3 Å². The van der Waals surface area contributed by atoms with Crippen molar-refractivity contribution in [2.45, 2.75) is 18.9 Å². The number of hydrogen-bond acceptors (Lipinski definition) is 3. The molecule has 11 heteroatoms. The van der Waals surface area contributed by atoms with Crippen molar-refractivity contribution in [3.8, 4) is 0 Å². The maximum absolute atomic E-state index is 13.5. The Labute approximate surface area is 180 Å². The van der Waals surface area contributed by atoms with Crippen molar-refractivity contribution in [2.24, 2.45) is 0 Å². The van der Waals surface area contributed by atoms with Crippen LogP contribution in [0.2, 0.25) is 0 Å².